The average molecular weight is 190 g/mol. The first kappa shape index (κ1) is 11.9. The van der Waals surface area contributed by atoms with E-state index in [2.05, 4.69) is 9.47 Å². The van der Waals surface area contributed by atoms with Gasteiger partial charge in [0, 0.05) is 6.42 Å². The number of carbonyl (C=O) groups is 2. The molecule has 0 heterocycles. The van der Waals surface area contributed by atoms with Crippen LogP contribution < -0.4 is 0 Å². The summed E-state index contributed by atoms with van der Waals surface area (Å²) in [5.41, 5.74) is 0. The number of ether oxygens (including phenoxy) is 2. The molecule has 0 aliphatic carbocycles. The fourth-order valence-corrected chi connectivity index (χ4v) is 0.600. The van der Waals surface area contributed by atoms with Gasteiger partial charge in [0.2, 0.25) is 6.79 Å². The van der Waals surface area contributed by atoms with Gasteiger partial charge in [-0.3, -0.25) is 4.79 Å². The van der Waals surface area contributed by atoms with Crippen LogP contribution in [0.25, 0.3) is 0 Å². The minimum atomic E-state index is -0.803. The molecule has 0 amide bonds. The van der Waals surface area contributed by atoms with Crippen molar-refractivity contribution in [2.75, 3.05) is 13.4 Å². The van der Waals surface area contributed by atoms with Crippen LogP contribution in [0.15, 0.2) is 0 Å². The number of hydrogen-bond donors (Lipinski definition) is 1. The molecule has 0 atom stereocenters. The maximum Gasteiger partial charge on any atom is 0.334 e. The maximum absolute atomic E-state index is 10.8. The molecule has 0 fully saturated rings. The lowest BCUT2D eigenvalue weighted by Gasteiger charge is -2.03. The van der Waals surface area contributed by atoms with E-state index in [0.717, 1.165) is 12.8 Å². The third kappa shape index (κ3) is 7.27. The second kappa shape index (κ2) is 7.54. The first-order valence-electron chi connectivity index (χ1n) is 4.12. The summed E-state index contributed by atoms with van der Waals surface area (Å²) >= 11 is 0. The van der Waals surface area contributed by atoms with Gasteiger partial charge in [-0.25, -0.2) is 4.79 Å². The quantitative estimate of drug-likeness (QED) is 0.479. The first-order valence-corrected chi connectivity index (χ1v) is 4.12. The molecule has 0 radical (unpaired) electrons. The van der Waals surface area contributed by atoms with E-state index >= 15 is 0 Å². The van der Waals surface area contributed by atoms with E-state index in [0.29, 0.717) is 6.42 Å². The lowest BCUT2D eigenvalue weighted by Crippen LogP contribution is -2.14. The van der Waals surface area contributed by atoms with Crippen molar-refractivity contribution in [3.63, 3.8) is 0 Å². The summed E-state index contributed by atoms with van der Waals surface area (Å²) in [5, 5.41) is 8.23. The van der Waals surface area contributed by atoms with Crippen molar-refractivity contribution >= 4 is 11.9 Å². The van der Waals surface area contributed by atoms with Crippen molar-refractivity contribution in [1.82, 2.24) is 0 Å². The fourth-order valence-electron chi connectivity index (χ4n) is 0.600. The molecule has 0 unspecified atom stereocenters. The van der Waals surface area contributed by atoms with Gasteiger partial charge >= 0.3 is 11.9 Å². The molecule has 0 spiro atoms. The van der Waals surface area contributed by atoms with Crippen LogP contribution >= 0.6 is 0 Å². The second-order valence-corrected chi connectivity index (χ2v) is 2.41. The lowest BCUT2D eigenvalue weighted by molar-refractivity contribution is -0.169. The summed E-state index contributed by atoms with van der Waals surface area (Å²) in [6.07, 6.45) is 1.99. The largest absolute Gasteiger partial charge is 0.428 e. The van der Waals surface area contributed by atoms with Crippen LogP contribution in [-0.4, -0.2) is 30.4 Å². The number of rotatable bonds is 6. The van der Waals surface area contributed by atoms with Crippen LogP contribution in [0.5, 0.6) is 0 Å². The van der Waals surface area contributed by atoms with Crippen molar-refractivity contribution in [2.24, 2.45) is 0 Å². The lowest BCUT2D eigenvalue weighted by atomic mass is 10.3. The Morgan fingerprint density at radius 2 is 1.85 bits per heavy atom. The molecular formula is C8H14O5. The van der Waals surface area contributed by atoms with Crippen LogP contribution in [0, 0.1) is 0 Å². The molecule has 0 aromatic rings. The van der Waals surface area contributed by atoms with Gasteiger partial charge < -0.3 is 14.6 Å². The molecule has 0 rings (SSSR count). The van der Waals surface area contributed by atoms with Gasteiger partial charge in [-0.2, -0.15) is 0 Å². The molecule has 0 aliphatic rings. The SMILES string of the molecule is CCCCC(=O)OCOC(=O)CO. The van der Waals surface area contributed by atoms with Crippen molar-refractivity contribution in [3.8, 4) is 0 Å². The number of carbonyl (C=O) groups excluding carboxylic acids is 2. The molecule has 5 nitrogen and oxygen atoms in total. The van der Waals surface area contributed by atoms with E-state index in [1.165, 1.54) is 0 Å². The van der Waals surface area contributed by atoms with Gasteiger partial charge in [-0.15, -0.1) is 0 Å². The summed E-state index contributed by atoms with van der Waals surface area (Å²) in [7, 11) is 0. The summed E-state index contributed by atoms with van der Waals surface area (Å²) in [6.45, 7) is 0.841. The van der Waals surface area contributed by atoms with Gasteiger partial charge in [0.15, 0.2) is 0 Å². The van der Waals surface area contributed by atoms with Crippen molar-refractivity contribution < 1.29 is 24.2 Å². The van der Waals surface area contributed by atoms with E-state index in [9.17, 15) is 9.59 Å². The van der Waals surface area contributed by atoms with Crippen LogP contribution in [0.2, 0.25) is 0 Å². The van der Waals surface area contributed by atoms with Gasteiger partial charge in [-0.1, -0.05) is 13.3 Å². The highest BCUT2D eigenvalue weighted by atomic mass is 16.7. The minimum absolute atomic E-state index is 0.327. The van der Waals surface area contributed by atoms with Gasteiger partial charge in [0.05, 0.1) is 0 Å². The predicted molar refractivity (Wildman–Crippen MR) is 43.7 cm³/mol. The Morgan fingerprint density at radius 1 is 1.23 bits per heavy atom. The zero-order chi connectivity index (χ0) is 10.1. The van der Waals surface area contributed by atoms with E-state index in [4.69, 9.17) is 5.11 Å². The maximum atomic E-state index is 10.8. The van der Waals surface area contributed by atoms with Gasteiger partial charge in [-0.05, 0) is 6.42 Å². The normalized spacial score (nSPS) is 9.38. The van der Waals surface area contributed by atoms with E-state index in [1.807, 2.05) is 6.92 Å². The van der Waals surface area contributed by atoms with Crippen molar-refractivity contribution in [2.45, 2.75) is 26.2 Å². The molecule has 76 valence electrons. The Kier molecular flexibility index (Phi) is 6.91. The third-order valence-corrected chi connectivity index (χ3v) is 1.30. The Bertz CT molecular complexity index is 166. The number of hydrogen-bond acceptors (Lipinski definition) is 5. The Balaban J connectivity index is 3.31. The second-order valence-electron chi connectivity index (χ2n) is 2.41. The molecular weight excluding hydrogens is 176 g/mol. The minimum Gasteiger partial charge on any atom is -0.428 e. The first-order chi connectivity index (χ1) is 6.20. The zero-order valence-electron chi connectivity index (χ0n) is 7.62. The predicted octanol–water partition coefficient (Wildman–Crippen LogP) is 0.213. The highest BCUT2D eigenvalue weighted by Crippen LogP contribution is 1.96. The molecule has 0 aromatic heterocycles. The van der Waals surface area contributed by atoms with E-state index in [-0.39, 0.29) is 0 Å². The Hall–Kier alpha value is -1.10. The highest BCUT2D eigenvalue weighted by Gasteiger charge is 2.03. The molecule has 0 aliphatic heterocycles. The number of unbranched alkanes of at least 4 members (excludes halogenated alkanes) is 1. The molecule has 0 saturated heterocycles. The van der Waals surface area contributed by atoms with Crippen LogP contribution in [0.1, 0.15) is 26.2 Å². The topological polar surface area (TPSA) is 72.8 Å². The molecule has 13 heavy (non-hydrogen) atoms. The van der Waals surface area contributed by atoms with Crippen molar-refractivity contribution in [1.29, 1.82) is 0 Å². The molecule has 1 N–H and O–H groups in total. The summed E-state index contributed by atoms with van der Waals surface area (Å²) in [4.78, 5) is 21.1. The monoisotopic (exact) mass is 190 g/mol. The van der Waals surface area contributed by atoms with Crippen LogP contribution in [0.4, 0.5) is 0 Å². The van der Waals surface area contributed by atoms with Crippen LogP contribution in [-0.2, 0) is 19.1 Å². The standard InChI is InChI=1S/C8H14O5/c1-2-3-4-7(10)12-6-13-8(11)5-9/h9H,2-6H2,1H3. The van der Waals surface area contributed by atoms with Gasteiger partial charge in [0.1, 0.15) is 6.61 Å². The number of aliphatic hydroxyl groups excluding tert-OH is 1. The number of esters is 2. The average Bonchev–Trinajstić information content (AvgIpc) is 2.14. The smallest absolute Gasteiger partial charge is 0.334 e. The van der Waals surface area contributed by atoms with E-state index < -0.39 is 25.3 Å². The fraction of sp³-hybridized carbons (Fsp3) is 0.750. The van der Waals surface area contributed by atoms with Gasteiger partial charge in [0.25, 0.3) is 0 Å². The highest BCUT2D eigenvalue weighted by molar-refractivity contribution is 5.71. The Labute approximate surface area is 76.6 Å². The molecule has 0 aromatic carbocycles. The summed E-state index contributed by atoms with van der Waals surface area (Å²) in [5.74, 6) is -1.20. The molecule has 0 bridgehead atoms. The molecule has 5 heteroatoms. The third-order valence-electron chi connectivity index (χ3n) is 1.30. The van der Waals surface area contributed by atoms with E-state index in [1.54, 1.807) is 0 Å². The molecule has 0 saturated carbocycles. The van der Waals surface area contributed by atoms with Crippen molar-refractivity contribution in [3.05, 3.63) is 0 Å². The summed E-state index contributed by atoms with van der Waals surface area (Å²) < 4.78 is 8.83. The Morgan fingerprint density at radius 3 is 2.38 bits per heavy atom. The number of aliphatic hydroxyl groups is 1. The summed E-state index contributed by atoms with van der Waals surface area (Å²) in [6, 6.07) is 0. The zero-order valence-corrected chi connectivity index (χ0v) is 7.62. The van der Waals surface area contributed by atoms with Crippen LogP contribution in [0.3, 0.4) is 0 Å².